The Kier molecular flexibility index (Phi) is 34.8. The fraction of sp³-hybridized carbons (Fsp3) is 0.226. The monoisotopic (exact) mass is 1470 g/mol. The van der Waals surface area contributed by atoms with Crippen LogP contribution in [0, 0.1) is 0 Å². The molecule has 0 bridgehead atoms. The van der Waals surface area contributed by atoms with Gasteiger partial charge in [-0.2, -0.15) is 0 Å². The van der Waals surface area contributed by atoms with E-state index in [1.54, 1.807) is 0 Å². The zero-order valence-electron chi connectivity index (χ0n) is 61.7. The van der Waals surface area contributed by atoms with Crippen LogP contribution in [0.15, 0.2) is 398 Å². The molecule has 0 spiro atoms. The molecule has 12 aromatic rings. The van der Waals surface area contributed by atoms with Gasteiger partial charge < -0.3 is 20.4 Å². The molecule has 0 saturated carbocycles. The largest absolute Gasteiger partial charge is 0.395 e. The molecule has 4 N–H and O–H groups in total. The van der Waals surface area contributed by atoms with Crippen LogP contribution in [0.25, 0.3) is 0 Å². The summed E-state index contributed by atoms with van der Waals surface area (Å²) in [6.45, 7) is 20.7. The van der Waals surface area contributed by atoms with E-state index in [0.717, 1.165) is 52.4 Å². The van der Waals surface area contributed by atoms with Gasteiger partial charge in [-0.1, -0.05) is 221 Å². The zero-order valence-corrected chi connectivity index (χ0v) is 65.0. The second-order valence-electron chi connectivity index (χ2n) is 25.3. The van der Waals surface area contributed by atoms with E-state index in [2.05, 4.69) is 394 Å². The van der Waals surface area contributed by atoms with Crippen LogP contribution >= 0.6 is 0 Å². The van der Waals surface area contributed by atoms with E-state index >= 15 is 0 Å². The lowest BCUT2D eigenvalue weighted by Crippen LogP contribution is -2.32. The minimum Gasteiger partial charge on any atom is -0.395 e. The van der Waals surface area contributed by atoms with Crippen molar-refractivity contribution in [2.45, 2.75) is 126 Å². The number of nitrogens with zero attached hydrogens (tertiary/aromatic N) is 4. The third kappa shape index (κ3) is 25.2. The fourth-order valence-corrected chi connectivity index (χ4v) is 20.8. The molecule has 8 nitrogen and oxygen atoms in total. The van der Waals surface area contributed by atoms with Crippen molar-refractivity contribution < 1.29 is 20.4 Å². The summed E-state index contributed by atoms with van der Waals surface area (Å²) in [5, 5.41) is 37.1. The van der Waals surface area contributed by atoms with E-state index in [9.17, 15) is 20.4 Å². The SMILES string of the molecule is CC(C)N(CCO)Cc1ccc([S+](c2ccccc2)c2ccccc2)cc1.CCN(CCO)Cc1ccc([S+](c2ccccc2)c2ccccc2)cc1.CCN(CCO)Cc1cccc([S+](c2ccccc2)c2ccccc2)c1.CCN(CCO)Cc1ccccc1[S+](c1ccccc1)c1ccccc1. The summed E-state index contributed by atoms with van der Waals surface area (Å²) >= 11 is 0. The van der Waals surface area contributed by atoms with Gasteiger partial charge in [-0.05, 0) is 190 Å². The molecule has 0 aliphatic rings. The molecule has 0 saturated heterocycles. The first-order chi connectivity index (χ1) is 51.6. The van der Waals surface area contributed by atoms with Crippen molar-refractivity contribution in [2.75, 3.05) is 72.2 Å². The van der Waals surface area contributed by atoms with Crippen LogP contribution in [-0.4, -0.2) is 118 Å². The predicted molar refractivity (Wildman–Crippen MR) is 443 cm³/mol. The van der Waals surface area contributed by atoms with Crippen LogP contribution in [0.1, 0.15) is 56.9 Å². The fourth-order valence-electron chi connectivity index (χ4n) is 12.2. The van der Waals surface area contributed by atoms with Gasteiger partial charge in [0.1, 0.15) is 0 Å². The van der Waals surface area contributed by atoms with Gasteiger partial charge in [-0.15, -0.1) is 0 Å². The van der Waals surface area contributed by atoms with Crippen molar-refractivity contribution in [3.05, 3.63) is 362 Å². The Hall–Kier alpha value is -8.28. The molecule has 0 atom stereocenters. The number of aliphatic hydroxyl groups is 4. The lowest BCUT2D eigenvalue weighted by molar-refractivity contribution is 0.159. The Morgan fingerprint density at radius 2 is 0.514 bits per heavy atom. The van der Waals surface area contributed by atoms with E-state index in [4.69, 9.17) is 0 Å². The lowest BCUT2D eigenvalue weighted by Gasteiger charge is -2.25. The molecule has 0 fully saturated rings. The second-order valence-corrected chi connectivity index (χ2v) is 33.4. The van der Waals surface area contributed by atoms with E-state index < -0.39 is 0 Å². The van der Waals surface area contributed by atoms with Gasteiger partial charge >= 0.3 is 0 Å². The first-order valence-electron chi connectivity index (χ1n) is 36.7. The van der Waals surface area contributed by atoms with Gasteiger partial charge in [0.05, 0.1) is 70.0 Å². The molecule has 0 unspecified atom stereocenters. The summed E-state index contributed by atoms with van der Waals surface area (Å²) in [5.41, 5.74) is 5.19. The highest BCUT2D eigenvalue weighted by molar-refractivity contribution is 7.98. The predicted octanol–water partition coefficient (Wildman–Crippen LogP) is 18.8. The molecule has 0 amide bonds. The average Bonchev–Trinajstić information content (AvgIpc) is 0.818. The molecule has 542 valence electrons. The molecule has 0 radical (unpaired) electrons. The Bertz CT molecular complexity index is 4120. The summed E-state index contributed by atoms with van der Waals surface area (Å²) < 4.78 is 0. The minimum atomic E-state index is -0.138. The van der Waals surface area contributed by atoms with Gasteiger partial charge in [0.15, 0.2) is 58.7 Å². The molecule has 105 heavy (non-hydrogen) atoms. The van der Waals surface area contributed by atoms with Crippen molar-refractivity contribution in [1.29, 1.82) is 0 Å². The molecule has 0 heterocycles. The van der Waals surface area contributed by atoms with Crippen LogP contribution in [0.2, 0.25) is 0 Å². The van der Waals surface area contributed by atoms with Crippen LogP contribution in [0.4, 0.5) is 0 Å². The molecule has 0 aromatic heterocycles. The van der Waals surface area contributed by atoms with E-state index in [1.165, 1.54) is 81.0 Å². The Labute approximate surface area is 638 Å². The summed E-state index contributed by atoms with van der Waals surface area (Å²) in [6, 6.07) is 122. The molecule has 0 aliphatic heterocycles. The average molecular weight is 1470 g/mol. The van der Waals surface area contributed by atoms with Gasteiger partial charge in [0.25, 0.3) is 0 Å². The van der Waals surface area contributed by atoms with Crippen LogP contribution in [0.5, 0.6) is 0 Å². The first kappa shape index (κ1) is 80.8. The molecular formula is C93H106N4O4S4+4. The van der Waals surface area contributed by atoms with Crippen LogP contribution in [-0.2, 0) is 69.8 Å². The zero-order chi connectivity index (χ0) is 73.6. The topological polar surface area (TPSA) is 93.9 Å². The second kappa shape index (κ2) is 45.3. The minimum absolute atomic E-state index is 0.0944. The summed E-state index contributed by atoms with van der Waals surface area (Å²) in [5.74, 6) is 0. The first-order valence-corrected chi connectivity index (χ1v) is 41.6. The number of hydrogen-bond donors (Lipinski definition) is 4. The van der Waals surface area contributed by atoms with Gasteiger partial charge in [0, 0.05) is 64.0 Å². The highest BCUT2D eigenvalue weighted by Gasteiger charge is 2.33. The van der Waals surface area contributed by atoms with Crippen molar-refractivity contribution >= 4 is 43.6 Å². The Morgan fingerprint density at radius 1 is 0.248 bits per heavy atom. The molecule has 0 aliphatic carbocycles. The highest BCUT2D eigenvalue weighted by Crippen LogP contribution is 2.37. The molecular weight excluding hydrogens is 1370 g/mol. The molecule has 12 heteroatoms. The quantitative estimate of drug-likeness (QED) is 0.0310. The van der Waals surface area contributed by atoms with Gasteiger partial charge in [-0.3, -0.25) is 19.6 Å². The number of rotatable bonds is 32. The summed E-state index contributed by atoms with van der Waals surface area (Å²) in [7, 11) is -0.447. The maximum absolute atomic E-state index is 9.34. The Balaban J connectivity index is 0.000000162. The Morgan fingerprint density at radius 3 is 0.838 bits per heavy atom. The van der Waals surface area contributed by atoms with Gasteiger partial charge in [0.2, 0.25) is 0 Å². The lowest BCUT2D eigenvalue weighted by atomic mass is 10.2. The van der Waals surface area contributed by atoms with Crippen molar-refractivity contribution in [3.63, 3.8) is 0 Å². The third-order valence-corrected chi connectivity index (χ3v) is 26.8. The summed E-state index contributed by atoms with van der Waals surface area (Å²) in [6.07, 6.45) is 0. The van der Waals surface area contributed by atoms with Crippen molar-refractivity contribution in [1.82, 2.24) is 19.6 Å². The number of benzene rings is 12. The van der Waals surface area contributed by atoms with E-state index in [0.29, 0.717) is 25.7 Å². The van der Waals surface area contributed by atoms with E-state index in [1.807, 2.05) is 0 Å². The standard InChI is InChI=1S/C24H28NOS.3C23H26NOS/c1-20(2)25(17-18-26)19-21-13-15-24(16-14-21)27(22-9-5-3-6-10-22)23-11-7-4-8-12-23;1-2-24(17-18-25)19-20-11-9-10-16-23(20)26(21-12-5-3-6-13-21)22-14-7-4-8-15-22;1-2-24(16-17-25)19-20-10-9-15-23(18-20)26(21-11-5-3-6-12-21)22-13-7-4-8-14-22;1-2-24(17-18-25)19-20-13-15-23(16-14-20)26(21-9-5-3-6-10-21)22-11-7-4-8-12-22/h3-16,20,26H,17-19H2,1-2H3;3-16,25H,2,17-19H2,1H3;3-15,18,25H,2,16-17,19H2,1H3;3-16,25H,2,17-19H2,1H3/q4*+1. The maximum atomic E-state index is 9.34. The van der Waals surface area contributed by atoms with Crippen LogP contribution < -0.4 is 0 Å². The number of hydrogen-bond acceptors (Lipinski definition) is 8. The molecule has 12 rings (SSSR count). The van der Waals surface area contributed by atoms with Crippen molar-refractivity contribution in [3.8, 4) is 0 Å². The van der Waals surface area contributed by atoms with Crippen LogP contribution in [0.3, 0.4) is 0 Å². The van der Waals surface area contributed by atoms with Crippen molar-refractivity contribution in [2.24, 2.45) is 0 Å². The van der Waals surface area contributed by atoms with E-state index in [-0.39, 0.29) is 70.0 Å². The van der Waals surface area contributed by atoms with Gasteiger partial charge in [-0.25, -0.2) is 0 Å². The summed E-state index contributed by atoms with van der Waals surface area (Å²) in [4.78, 5) is 25.1. The normalized spacial score (nSPS) is 11.3. The number of aliphatic hydroxyl groups excluding tert-OH is 4. The number of likely N-dealkylation sites (N-methyl/N-ethyl adjacent to an activating group) is 3. The third-order valence-electron chi connectivity index (χ3n) is 17.8. The smallest absolute Gasteiger partial charge is 0.171 e. The maximum Gasteiger partial charge on any atom is 0.171 e. The highest BCUT2D eigenvalue weighted by atomic mass is 32.2. The molecule has 12 aromatic carbocycles.